The summed E-state index contributed by atoms with van der Waals surface area (Å²) in [5.41, 5.74) is 0.604. The predicted octanol–water partition coefficient (Wildman–Crippen LogP) is 4.04. The number of piperidine rings is 2. The fourth-order valence-electron chi connectivity index (χ4n) is 4.64. The zero-order valence-electron chi connectivity index (χ0n) is 15.9. The highest BCUT2D eigenvalue weighted by Gasteiger charge is 2.43. The highest BCUT2D eigenvalue weighted by atomic mass is 16.5. The van der Waals surface area contributed by atoms with Crippen LogP contribution in [0.15, 0.2) is 24.3 Å². The summed E-state index contributed by atoms with van der Waals surface area (Å²) in [7, 11) is 2.39. The number of benzene rings is 1. The third-order valence-corrected chi connectivity index (χ3v) is 5.90. The van der Waals surface area contributed by atoms with E-state index in [1.54, 1.807) is 12.1 Å². The first-order valence-electron chi connectivity index (χ1n) is 9.76. The van der Waals surface area contributed by atoms with Gasteiger partial charge in [0.2, 0.25) is 0 Å². The summed E-state index contributed by atoms with van der Waals surface area (Å²) in [4.78, 5) is 12.4. The molecule has 2 aliphatic rings. The van der Waals surface area contributed by atoms with E-state index in [-0.39, 0.29) is 12.1 Å². The molecule has 0 amide bonds. The maximum Gasteiger partial charge on any atom is 0.338 e. The lowest BCUT2D eigenvalue weighted by Gasteiger charge is -2.51. The molecule has 0 spiro atoms. The van der Waals surface area contributed by atoms with E-state index in [0.29, 0.717) is 24.1 Å². The predicted molar refractivity (Wildman–Crippen MR) is 98.8 cm³/mol. The lowest BCUT2D eigenvalue weighted by atomic mass is 9.82. The van der Waals surface area contributed by atoms with Gasteiger partial charge in [-0.3, -0.25) is 0 Å². The van der Waals surface area contributed by atoms with Crippen LogP contribution in [0.25, 0.3) is 0 Å². The molecule has 2 aliphatic heterocycles. The van der Waals surface area contributed by atoms with Gasteiger partial charge in [-0.2, -0.15) is 0 Å². The summed E-state index contributed by atoms with van der Waals surface area (Å²) >= 11 is 0. The zero-order chi connectivity index (χ0) is 17.9. The highest BCUT2D eigenvalue weighted by molar-refractivity contribution is 5.89. The molecule has 0 N–H and O–H groups in total. The number of carbonyl (C=O) groups is 1. The first kappa shape index (κ1) is 18.2. The summed E-state index contributed by atoms with van der Waals surface area (Å²) in [6.45, 7) is 7.11. The summed E-state index contributed by atoms with van der Waals surface area (Å²) in [5, 5.41) is 0. The summed E-state index contributed by atoms with van der Waals surface area (Å²) in [6.07, 6.45) is 6.50. The Morgan fingerprint density at radius 1 is 1.12 bits per heavy atom. The van der Waals surface area contributed by atoms with Gasteiger partial charge in [0.05, 0.1) is 37.8 Å². The second-order valence-electron chi connectivity index (χ2n) is 8.18. The Labute approximate surface area is 151 Å². The van der Waals surface area contributed by atoms with Crippen molar-refractivity contribution < 1.29 is 18.8 Å². The van der Waals surface area contributed by atoms with Crippen LogP contribution in [0.3, 0.4) is 0 Å². The largest absolute Gasteiger partial charge is 0.491 e. The Hall–Kier alpha value is -1.55. The number of hydrogen-bond acceptors (Lipinski definition) is 3. The van der Waals surface area contributed by atoms with Gasteiger partial charge in [-0.15, -0.1) is 0 Å². The monoisotopic (exact) mass is 346 g/mol. The summed E-state index contributed by atoms with van der Waals surface area (Å²) in [6, 6.07) is 7.93. The molecule has 1 aromatic rings. The molecule has 0 radical (unpaired) electrons. The van der Waals surface area contributed by atoms with E-state index in [9.17, 15) is 4.79 Å². The minimum atomic E-state index is -0.216. The molecule has 0 bridgehead atoms. The molecule has 138 valence electrons. The minimum absolute atomic E-state index is 0.132. The maximum atomic E-state index is 12.4. The first-order chi connectivity index (χ1) is 12.0. The Bertz CT molecular complexity index is 579. The lowest BCUT2D eigenvalue weighted by Crippen LogP contribution is -2.61. The van der Waals surface area contributed by atoms with E-state index in [0.717, 1.165) is 5.75 Å². The van der Waals surface area contributed by atoms with Crippen molar-refractivity contribution in [2.75, 3.05) is 26.7 Å². The third-order valence-electron chi connectivity index (χ3n) is 5.90. The molecule has 0 aliphatic carbocycles. The molecule has 0 saturated carbocycles. The molecule has 4 nitrogen and oxygen atoms in total. The number of fused-ring (bicyclic) bond motifs is 1. The average molecular weight is 346 g/mol. The molecule has 1 aromatic carbocycles. The number of hydrogen-bond donors (Lipinski definition) is 0. The van der Waals surface area contributed by atoms with Crippen molar-refractivity contribution in [2.45, 2.75) is 58.1 Å². The van der Waals surface area contributed by atoms with Crippen LogP contribution in [0.2, 0.25) is 0 Å². The number of ether oxygens (including phenoxy) is 2. The van der Waals surface area contributed by atoms with Crippen LogP contribution in [0.5, 0.6) is 5.75 Å². The molecular weight excluding hydrogens is 314 g/mol. The number of quaternary nitrogens is 1. The molecule has 2 saturated heterocycles. The molecule has 3 atom stereocenters. The first-order valence-corrected chi connectivity index (χ1v) is 9.76. The van der Waals surface area contributed by atoms with Gasteiger partial charge < -0.3 is 14.0 Å². The van der Waals surface area contributed by atoms with Gasteiger partial charge in [-0.1, -0.05) is 0 Å². The van der Waals surface area contributed by atoms with Gasteiger partial charge >= 0.3 is 5.97 Å². The maximum absolute atomic E-state index is 12.4. The van der Waals surface area contributed by atoms with Gasteiger partial charge in [-0.05, 0) is 63.8 Å². The Morgan fingerprint density at radius 3 is 2.56 bits per heavy atom. The topological polar surface area (TPSA) is 35.5 Å². The van der Waals surface area contributed by atoms with Crippen molar-refractivity contribution in [3.8, 4) is 5.75 Å². The van der Waals surface area contributed by atoms with Crippen LogP contribution >= 0.6 is 0 Å². The molecule has 2 fully saturated rings. The van der Waals surface area contributed by atoms with Gasteiger partial charge in [0.1, 0.15) is 12.4 Å². The molecule has 0 unspecified atom stereocenters. The Kier molecular flexibility index (Phi) is 5.67. The molecule has 0 aromatic heterocycles. The van der Waals surface area contributed by atoms with Crippen molar-refractivity contribution in [3.63, 3.8) is 0 Å². The summed E-state index contributed by atoms with van der Waals surface area (Å²) in [5.74, 6) is 1.08. The van der Waals surface area contributed by atoms with Crippen molar-refractivity contribution in [3.05, 3.63) is 29.8 Å². The lowest BCUT2D eigenvalue weighted by molar-refractivity contribution is -0.947. The van der Waals surface area contributed by atoms with Gasteiger partial charge in [0.15, 0.2) is 0 Å². The zero-order valence-corrected chi connectivity index (χ0v) is 15.9. The molecular formula is C21H32NO3+. The standard InChI is InChI=1S/C21H32NO3/c1-16(2)25-19-11-9-17(10-12-19)21(23)24-15-18-7-6-14-22(3)13-5-4-8-20(18)22/h9-12,16,18,20H,4-8,13-15H2,1-3H3/q+1/t18-,20-,22-/m0/s1. The van der Waals surface area contributed by atoms with Crippen LogP contribution < -0.4 is 4.74 Å². The third kappa shape index (κ3) is 4.35. The fraction of sp³-hybridized carbons (Fsp3) is 0.667. The number of nitrogens with zero attached hydrogens (tertiary/aromatic N) is 1. The number of rotatable bonds is 5. The quantitative estimate of drug-likeness (QED) is 0.596. The average Bonchev–Trinajstić information content (AvgIpc) is 2.59. The van der Waals surface area contributed by atoms with Crippen LogP contribution in [-0.4, -0.2) is 49.3 Å². The van der Waals surface area contributed by atoms with Gasteiger partial charge in [0.25, 0.3) is 0 Å². The van der Waals surface area contributed by atoms with Crippen molar-refractivity contribution >= 4 is 5.97 Å². The van der Waals surface area contributed by atoms with Crippen LogP contribution in [0.4, 0.5) is 0 Å². The van der Waals surface area contributed by atoms with Crippen molar-refractivity contribution in [1.29, 1.82) is 0 Å². The van der Waals surface area contributed by atoms with Crippen molar-refractivity contribution in [2.24, 2.45) is 5.92 Å². The molecule has 2 heterocycles. The van der Waals surface area contributed by atoms with E-state index in [4.69, 9.17) is 9.47 Å². The van der Waals surface area contributed by atoms with Crippen LogP contribution in [0.1, 0.15) is 56.3 Å². The normalized spacial score (nSPS) is 29.1. The summed E-state index contributed by atoms with van der Waals surface area (Å²) < 4.78 is 12.5. The molecule has 3 rings (SSSR count). The fourth-order valence-corrected chi connectivity index (χ4v) is 4.64. The van der Waals surface area contributed by atoms with Crippen LogP contribution in [-0.2, 0) is 4.74 Å². The van der Waals surface area contributed by atoms with Gasteiger partial charge in [-0.25, -0.2) is 4.79 Å². The van der Waals surface area contributed by atoms with E-state index < -0.39 is 0 Å². The van der Waals surface area contributed by atoms with Crippen LogP contribution in [0, 0.1) is 5.92 Å². The van der Waals surface area contributed by atoms with E-state index in [1.165, 1.54) is 49.7 Å². The smallest absolute Gasteiger partial charge is 0.338 e. The van der Waals surface area contributed by atoms with E-state index >= 15 is 0 Å². The minimum Gasteiger partial charge on any atom is -0.491 e. The van der Waals surface area contributed by atoms with E-state index in [2.05, 4.69) is 7.05 Å². The molecule has 25 heavy (non-hydrogen) atoms. The molecule has 4 heteroatoms. The Balaban J connectivity index is 1.56. The Morgan fingerprint density at radius 2 is 1.84 bits per heavy atom. The number of esters is 1. The number of carbonyl (C=O) groups excluding carboxylic acids is 1. The SMILES string of the molecule is CC(C)Oc1ccc(C(=O)OC[C@@H]2CCC[N@+]3(C)CCCC[C@@H]23)cc1. The van der Waals surface area contributed by atoms with Crippen molar-refractivity contribution in [1.82, 2.24) is 0 Å². The van der Waals surface area contributed by atoms with E-state index in [1.807, 2.05) is 26.0 Å². The second kappa shape index (κ2) is 7.77. The second-order valence-corrected chi connectivity index (χ2v) is 8.18. The van der Waals surface area contributed by atoms with Gasteiger partial charge in [0, 0.05) is 12.3 Å². The highest BCUT2D eigenvalue weighted by Crippen LogP contribution is 2.36.